The van der Waals surface area contributed by atoms with Crippen LogP contribution < -0.4 is 19.1 Å². The van der Waals surface area contributed by atoms with E-state index in [2.05, 4.69) is 23.7 Å². The largest absolute Gasteiger partial charge is 0.493 e. The van der Waals surface area contributed by atoms with Crippen LogP contribution in [0.4, 0.5) is 10.5 Å². The summed E-state index contributed by atoms with van der Waals surface area (Å²) < 4.78 is 16.8. The molecule has 0 unspecified atom stereocenters. The molecule has 0 atom stereocenters. The molecule has 3 rings (SSSR count). The third-order valence-electron chi connectivity index (χ3n) is 5.56. The first-order valence-electron chi connectivity index (χ1n) is 11.0. The van der Waals surface area contributed by atoms with Gasteiger partial charge in [-0.3, -0.25) is 9.88 Å². The monoisotopic (exact) mass is 453 g/mol. The Kier molecular flexibility index (Phi) is 8.32. The maximum atomic E-state index is 11.8. The van der Waals surface area contributed by atoms with E-state index in [0.29, 0.717) is 40.7 Å². The quantitative estimate of drug-likeness (QED) is 0.424. The third-order valence-corrected chi connectivity index (χ3v) is 5.56. The number of carboxylic acid groups (broad SMARTS) is 1. The summed E-state index contributed by atoms with van der Waals surface area (Å²) in [7, 11) is 3.16. The van der Waals surface area contributed by atoms with Crippen LogP contribution in [0, 0.1) is 0 Å². The zero-order valence-electron chi connectivity index (χ0n) is 19.6. The number of hydrogen-bond acceptors (Lipinski definition) is 6. The summed E-state index contributed by atoms with van der Waals surface area (Å²) in [6.07, 6.45) is 1.46. The average molecular weight is 454 g/mol. The lowest BCUT2D eigenvalue weighted by Gasteiger charge is -2.22. The van der Waals surface area contributed by atoms with Crippen LogP contribution in [0.5, 0.6) is 23.0 Å². The van der Waals surface area contributed by atoms with E-state index < -0.39 is 6.09 Å². The number of rotatable bonds is 11. The van der Waals surface area contributed by atoms with Crippen LogP contribution in [0.1, 0.15) is 20.3 Å². The second kappa shape index (κ2) is 11.4. The van der Waals surface area contributed by atoms with Crippen LogP contribution in [0.25, 0.3) is 10.9 Å². The molecule has 1 aromatic heterocycles. The predicted octanol–water partition coefficient (Wildman–Crippen LogP) is 5.26. The molecular formula is C25H31N3O5. The Bertz CT molecular complexity index is 1070. The molecule has 2 aromatic carbocycles. The number of nitrogens with zero attached hydrogens (tertiary/aromatic N) is 3. The lowest BCUT2D eigenvalue weighted by atomic mass is 10.2. The van der Waals surface area contributed by atoms with Crippen molar-refractivity contribution in [2.24, 2.45) is 0 Å². The lowest BCUT2D eigenvalue weighted by Crippen LogP contribution is -2.33. The summed E-state index contributed by atoms with van der Waals surface area (Å²) in [5, 5.41) is 10.5. The van der Waals surface area contributed by atoms with Gasteiger partial charge in [0.05, 0.1) is 19.7 Å². The molecule has 0 aliphatic rings. The summed E-state index contributed by atoms with van der Waals surface area (Å²) in [5.74, 6) is 2.38. The highest BCUT2D eigenvalue weighted by Crippen LogP contribution is 2.37. The zero-order chi connectivity index (χ0) is 23.8. The summed E-state index contributed by atoms with van der Waals surface area (Å²) >= 11 is 0. The number of carbonyl (C=O) groups is 1. The molecule has 0 radical (unpaired) electrons. The number of methoxy groups -OCH3 is 2. The average Bonchev–Trinajstić information content (AvgIpc) is 2.84. The van der Waals surface area contributed by atoms with Gasteiger partial charge in [0.1, 0.15) is 11.5 Å². The smallest absolute Gasteiger partial charge is 0.411 e. The summed E-state index contributed by atoms with van der Waals surface area (Å²) in [6, 6.07) is 12.5. The van der Waals surface area contributed by atoms with Crippen molar-refractivity contribution in [1.29, 1.82) is 0 Å². The Morgan fingerprint density at radius 1 is 0.939 bits per heavy atom. The predicted molar refractivity (Wildman–Crippen MR) is 129 cm³/mol. The van der Waals surface area contributed by atoms with E-state index in [1.54, 1.807) is 56.8 Å². The molecule has 0 bridgehead atoms. The van der Waals surface area contributed by atoms with Gasteiger partial charge in [0.25, 0.3) is 0 Å². The molecule has 3 aromatic rings. The van der Waals surface area contributed by atoms with Gasteiger partial charge in [-0.25, -0.2) is 4.79 Å². The number of amides is 1. The fourth-order valence-electron chi connectivity index (χ4n) is 3.69. The zero-order valence-corrected chi connectivity index (χ0v) is 19.6. The van der Waals surface area contributed by atoms with E-state index >= 15 is 0 Å². The Hall–Kier alpha value is -3.52. The molecule has 1 heterocycles. The maximum Gasteiger partial charge on any atom is 0.411 e. The SMILES string of the molecule is CCN(CC)CCCN(C(=O)O)c1ccc(Oc2ccnc3cc(OC)c(OC)cc23)cc1. The van der Waals surface area contributed by atoms with Gasteiger partial charge in [0, 0.05) is 29.9 Å². The van der Waals surface area contributed by atoms with Crippen molar-refractivity contribution in [2.45, 2.75) is 20.3 Å². The fraction of sp³-hybridized carbons (Fsp3) is 0.360. The van der Waals surface area contributed by atoms with Crippen molar-refractivity contribution in [3.63, 3.8) is 0 Å². The highest BCUT2D eigenvalue weighted by Gasteiger charge is 2.15. The van der Waals surface area contributed by atoms with Gasteiger partial charge in [-0.15, -0.1) is 0 Å². The van der Waals surface area contributed by atoms with Crippen LogP contribution in [0.15, 0.2) is 48.7 Å². The Labute approximate surface area is 194 Å². The normalized spacial score (nSPS) is 10.9. The van der Waals surface area contributed by atoms with Gasteiger partial charge in [0.2, 0.25) is 0 Å². The molecule has 0 aliphatic carbocycles. The molecule has 8 heteroatoms. The van der Waals surface area contributed by atoms with E-state index in [9.17, 15) is 9.90 Å². The van der Waals surface area contributed by atoms with Crippen LogP contribution in [-0.2, 0) is 0 Å². The number of fused-ring (bicyclic) bond motifs is 1. The molecule has 0 saturated heterocycles. The Balaban J connectivity index is 1.77. The minimum Gasteiger partial charge on any atom is -0.493 e. The van der Waals surface area contributed by atoms with E-state index in [0.717, 1.165) is 31.4 Å². The molecule has 0 spiro atoms. The molecule has 33 heavy (non-hydrogen) atoms. The molecule has 8 nitrogen and oxygen atoms in total. The van der Waals surface area contributed by atoms with Crippen LogP contribution in [0.2, 0.25) is 0 Å². The fourth-order valence-corrected chi connectivity index (χ4v) is 3.69. The maximum absolute atomic E-state index is 11.8. The summed E-state index contributed by atoms with van der Waals surface area (Å²) in [5.41, 5.74) is 1.33. The summed E-state index contributed by atoms with van der Waals surface area (Å²) in [6.45, 7) is 7.42. The highest BCUT2D eigenvalue weighted by molar-refractivity contribution is 5.88. The van der Waals surface area contributed by atoms with E-state index in [4.69, 9.17) is 14.2 Å². The van der Waals surface area contributed by atoms with Crippen molar-refractivity contribution < 1.29 is 24.1 Å². The molecule has 176 valence electrons. The van der Waals surface area contributed by atoms with Gasteiger partial charge >= 0.3 is 6.09 Å². The van der Waals surface area contributed by atoms with Crippen molar-refractivity contribution in [2.75, 3.05) is 45.3 Å². The minimum atomic E-state index is -0.968. The standard InChI is InChI=1S/C25H31N3O5/c1-5-27(6-2)14-7-15-28(25(29)30)18-8-10-19(11-9-18)33-22-12-13-26-21-17-24(32-4)23(31-3)16-20(21)22/h8-13,16-17H,5-7,14-15H2,1-4H3,(H,29,30). The number of hydrogen-bond donors (Lipinski definition) is 1. The van der Waals surface area contributed by atoms with Gasteiger partial charge < -0.3 is 24.2 Å². The van der Waals surface area contributed by atoms with Crippen LogP contribution in [-0.4, -0.2) is 61.5 Å². The number of benzene rings is 2. The first-order valence-corrected chi connectivity index (χ1v) is 11.0. The van der Waals surface area contributed by atoms with Gasteiger partial charge in [-0.05, 0) is 62.5 Å². The summed E-state index contributed by atoms with van der Waals surface area (Å²) in [4.78, 5) is 19.8. The number of pyridine rings is 1. The van der Waals surface area contributed by atoms with Crippen molar-refractivity contribution in [3.05, 3.63) is 48.7 Å². The van der Waals surface area contributed by atoms with E-state index in [1.807, 2.05) is 6.07 Å². The van der Waals surface area contributed by atoms with Crippen molar-refractivity contribution >= 4 is 22.7 Å². The Morgan fingerprint density at radius 3 is 2.21 bits per heavy atom. The van der Waals surface area contributed by atoms with E-state index in [-0.39, 0.29) is 0 Å². The van der Waals surface area contributed by atoms with Gasteiger partial charge in [0.15, 0.2) is 11.5 Å². The molecule has 1 N–H and O–H groups in total. The molecule has 0 aliphatic heterocycles. The molecule has 1 amide bonds. The second-order valence-corrected chi connectivity index (χ2v) is 7.44. The van der Waals surface area contributed by atoms with Gasteiger partial charge in [-0.1, -0.05) is 13.8 Å². The van der Waals surface area contributed by atoms with Crippen LogP contribution >= 0.6 is 0 Å². The molecule has 0 fully saturated rings. The topological polar surface area (TPSA) is 84.4 Å². The first kappa shape index (κ1) is 24.1. The lowest BCUT2D eigenvalue weighted by molar-refractivity contribution is 0.201. The highest BCUT2D eigenvalue weighted by atomic mass is 16.5. The third kappa shape index (κ3) is 5.84. The second-order valence-electron chi connectivity index (χ2n) is 7.44. The van der Waals surface area contributed by atoms with E-state index in [1.165, 1.54) is 4.90 Å². The Morgan fingerprint density at radius 2 is 1.61 bits per heavy atom. The van der Waals surface area contributed by atoms with Crippen molar-refractivity contribution in [1.82, 2.24) is 9.88 Å². The molecule has 0 saturated carbocycles. The first-order chi connectivity index (χ1) is 16.0. The number of anilines is 1. The minimum absolute atomic E-state index is 0.433. The van der Waals surface area contributed by atoms with Crippen LogP contribution in [0.3, 0.4) is 0 Å². The molecular weight excluding hydrogens is 422 g/mol. The number of aromatic nitrogens is 1. The number of ether oxygens (including phenoxy) is 3. The van der Waals surface area contributed by atoms with Crippen molar-refractivity contribution in [3.8, 4) is 23.0 Å². The van der Waals surface area contributed by atoms with Gasteiger partial charge in [-0.2, -0.15) is 0 Å².